The van der Waals surface area contributed by atoms with Crippen molar-refractivity contribution in [1.29, 1.82) is 0 Å². The van der Waals surface area contributed by atoms with Gasteiger partial charge in [-0.2, -0.15) is 13.2 Å². The van der Waals surface area contributed by atoms with Gasteiger partial charge in [0.2, 0.25) is 11.8 Å². The zero-order chi connectivity index (χ0) is 24.6. The van der Waals surface area contributed by atoms with Crippen LogP contribution in [0.1, 0.15) is 35.7 Å². The topological polar surface area (TPSA) is 78.5 Å². The number of carbonyl (C=O) groups excluding carboxylic acids is 3. The summed E-state index contributed by atoms with van der Waals surface area (Å²) in [5.41, 5.74) is -1.75. The highest BCUT2D eigenvalue weighted by Crippen LogP contribution is 2.34. The molecule has 2 aromatic carbocycles. The van der Waals surface area contributed by atoms with Crippen LogP contribution in [0.4, 0.5) is 27.6 Å². The van der Waals surface area contributed by atoms with Crippen LogP contribution in [-0.4, -0.2) is 42.3 Å². The van der Waals surface area contributed by atoms with Crippen molar-refractivity contribution in [1.82, 2.24) is 10.2 Å². The van der Waals surface area contributed by atoms with Gasteiger partial charge in [0.05, 0.1) is 23.4 Å². The predicted molar refractivity (Wildman–Crippen MR) is 110 cm³/mol. The molecule has 6 nitrogen and oxygen atoms in total. The molecule has 3 amide bonds. The van der Waals surface area contributed by atoms with Crippen molar-refractivity contribution < 1.29 is 36.3 Å². The fraction of sp³-hybridized carbons (Fsp3) is 0.318. The van der Waals surface area contributed by atoms with Crippen LogP contribution in [0.2, 0.25) is 0 Å². The van der Waals surface area contributed by atoms with Gasteiger partial charge in [0.1, 0.15) is 11.6 Å². The Morgan fingerprint density at radius 2 is 1.73 bits per heavy atom. The zero-order valence-corrected chi connectivity index (χ0v) is 17.6. The summed E-state index contributed by atoms with van der Waals surface area (Å²) in [6.45, 7) is 1.31. The smallest absolute Gasteiger partial charge is 0.352 e. The Kier molecular flexibility index (Phi) is 8.89. The maximum absolute atomic E-state index is 13.6. The number of nitrogens with one attached hydrogen (secondary N) is 2. The van der Waals surface area contributed by atoms with Crippen molar-refractivity contribution in [3.8, 4) is 0 Å². The summed E-state index contributed by atoms with van der Waals surface area (Å²) >= 11 is 0. The highest BCUT2D eigenvalue weighted by atomic mass is 19.4. The molecule has 0 radical (unpaired) electrons. The fourth-order valence-corrected chi connectivity index (χ4v) is 2.95. The van der Waals surface area contributed by atoms with Gasteiger partial charge in [-0.05, 0) is 37.6 Å². The molecule has 0 aliphatic heterocycles. The number of benzene rings is 2. The van der Waals surface area contributed by atoms with Crippen LogP contribution in [0.3, 0.4) is 0 Å². The third-order valence-corrected chi connectivity index (χ3v) is 4.60. The quantitative estimate of drug-likeness (QED) is 0.429. The molecule has 33 heavy (non-hydrogen) atoms. The molecule has 0 unspecified atom stereocenters. The highest BCUT2D eigenvalue weighted by molar-refractivity contribution is 5.95. The van der Waals surface area contributed by atoms with E-state index in [1.807, 2.05) is 0 Å². The van der Waals surface area contributed by atoms with Crippen molar-refractivity contribution in [3.05, 3.63) is 65.2 Å². The first-order chi connectivity index (χ1) is 15.5. The van der Waals surface area contributed by atoms with Crippen LogP contribution in [-0.2, 0) is 15.8 Å². The van der Waals surface area contributed by atoms with Crippen molar-refractivity contribution in [2.24, 2.45) is 0 Å². The number of alkyl halides is 3. The van der Waals surface area contributed by atoms with Crippen LogP contribution in [0.25, 0.3) is 0 Å². The van der Waals surface area contributed by atoms with Crippen LogP contribution >= 0.6 is 0 Å². The third-order valence-electron chi connectivity index (χ3n) is 4.60. The lowest BCUT2D eigenvalue weighted by Crippen LogP contribution is -2.38. The van der Waals surface area contributed by atoms with Gasteiger partial charge < -0.3 is 15.5 Å². The molecule has 2 N–H and O–H groups in total. The Bertz CT molecular complexity index is 1010. The molecule has 0 saturated heterocycles. The van der Waals surface area contributed by atoms with Gasteiger partial charge in [-0.15, -0.1) is 0 Å². The first kappa shape index (κ1) is 25.8. The van der Waals surface area contributed by atoms with Crippen molar-refractivity contribution in [3.63, 3.8) is 0 Å². The molecule has 0 fully saturated rings. The van der Waals surface area contributed by atoms with E-state index < -0.39 is 53.3 Å². The molecule has 2 rings (SSSR count). The molecule has 2 aromatic rings. The fourth-order valence-electron chi connectivity index (χ4n) is 2.95. The summed E-state index contributed by atoms with van der Waals surface area (Å²) in [6.07, 6.45) is -4.54. The van der Waals surface area contributed by atoms with Crippen LogP contribution < -0.4 is 10.6 Å². The number of hydrogen-bond donors (Lipinski definition) is 2. The highest BCUT2D eigenvalue weighted by Gasteiger charge is 2.33. The molecular weight excluding hydrogens is 449 g/mol. The van der Waals surface area contributed by atoms with Crippen molar-refractivity contribution in [2.75, 3.05) is 25.0 Å². The number of nitrogens with zero attached hydrogens (tertiary/aromatic N) is 1. The van der Waals surface area contributed by atoms with E-state index in [-0.39, 0.29) is 31.5 Å². The van der Waals surface area contributed by atoms with Gasteiger partial charge in [-0.25, -0.2) is 8.78 Å². The number of carbonyl (C=O) groups is 3. The normalized spacial score (nSPS) is 11.1. The summed E-state index contributed by atoms with van der Waals surface area (Å²) in [5, 5.41) is 4.58. The Hall–Kier alpha value is -3.50. The average molecular weight is 471 g/mol. The standard InChI is InChI=1S/C22H22F5N3O3/c1-2-30(13-19(31)29-18-7-4-3-6-16(18)22(25,26)27)20(32)8-5-11-28-21(33)15-10-9-14(23)12-17(15)24/h3-4,6-7,9-10,12H,2,5,8,11,13H2,1H3,(H,28,33)(H,29,31). The zero-order valence-electron chi connectivity index (χ0n) is 17.6. The molecule has 0 spiro atoms. The molecule has 11 heteroatoms. The maximum atomic E-state index is 13.6. The van der Waals surface area contributed by atoms with Crippen molar-refractivity contribution in [2.45, 2.75) is 25.9 Å². The van der Waals surface area contributed by atoms with E-state index in [4.69, 9.17) is 0 Å². The molecule has 0 saturated carbocycles. The number of para-hydroxylation sites is 1. The molecule has 0 bridgehead atoms. The molecule has 0 aliphatic carbocycles. The predicted octanol–water partition coefficient (Wildman–Crippen LogP) is 3.98. The number of hydrogen-bond acceptors (Lipinski definition) is 3. The van der Waals surface area contributed by atoms with Gasteiger partial charge >= 0.3 is 6.18 Å². The number of anilines is 1. The number of amides is 3. The lowest BCUT2D eigenvalue weighted by molar-refractivity contribution is -0.137. The second-order valence-corrected chi connectivity index (χ2v) is 6.98. The lowest BCUT2D eigenvalue weighted by Gasteiger charge is -2.21. The van der Waals surface area contributed by atoms with Crippen LogP contribution in [0.5, 0.6) is 0 Å². The van der Waals surface area contributed by atoms with Gasteiger partial charge in [0.25, 0.3) is 5.91 Å². The van der Waals surface area contributed by atoms with Gasteiger partial charge in [0, 0.05) is 25.6 Å². The Labute approximate surface area is 186 Å². The Morgan fingerprint density at radius 1 is 1.03 bits per heavy atom. The molecule has 0 aliphatic rings. The number of likely N-dealkylation sites (N-methyl/N-ethyl adjacent to an activating group) is 1. The van der Waals surface area contributed by atoms with E-state index in [1.54, 1.807) is 6.92 Å². The molecule has 0 atom stereocenters. The largest absolute Gasteiger partial charge is 0.418 e. The van der Waals surface area contributed by atoms with E-state index in [9.17, 15) is 36.3 Å². The van der Waals surface area contributed by atoms with Gasteiger partial charge in [-0.1, -0.05) is 12.1 Å². The summed E-state index contributed by atoms with van der Waals surface area (Å²) in [4.78, 5) is 37.6. The van der Waals surface area contributed by atoms with E-state index in [2.05, 4.69) is 10.6 Å². The molecule has 0 aromatic heterocycles. The summed E-state index contributed by atoms with van der Waals surface area (Å²) < 4.78 is 65.7. The Morgan fingerprint density at radius 3 is 2.36 bits per heavy atom. The van der Waals surface area contributed by atoms with E-state index in [0.717, 1.165) is 29.2 Å². The van der Waals surface area contributed by atoms with Gasteiger partial charge in [0.15, 0.2) is 0 Å². The third kappa shape index (κ3) is 7.55. The van der Waals surface area contributed by atoms with Crippen LogP contribution in [0.15, 0.2) is 42.5 Å². The summed E-state index contributed by atoms with van der Waals surface area (Å²) in [7, 11) is 0. The second-order valence-electron chi connectivity index (χ2n) is 6.98. The number of rotatable bonds is 9. The Balaban J connectivity index is 1.84. The SMILES string of the molecule is CCN(CC(=O)Nc1ccccc1C(F)(F)F)C(=O)CCCNC(=O)c1ccc(F)cc1F. The summed E-state index contributed by atoms with van der Waals surface area (Å²) in [6, 6.07) is 7.02. The first-order valence-corrected chi connectivity index (χ1v) is 10.00. The van der Waals surface area contributed by atoms with E-state index in [0.29, 0.717) is 6.07 Å². The minimum absolute atomic E-state index is 0.0180. The monoisotopic (exact) mass is 471 g/mol. The van der Waals surface area contributed by atoms with Gasteiger partial charge in [-0.3, -0.25) is 14.4 Å². The van der Waals surface area contributed by atoms with E-state index in [1.165, 1.54) is 12.1 Å². The summed E-state index contributed by atoms with van der Waals surface area (Å²) in [5.74, 6) is -3.84. The minimum atomic E-state index is -4.65. The van der Waals surface area contributed by atoms with Crippen molar-refractivity contribution >= 4 is 23.4 Å². The number of halogens is 5. The maximum Gasteiger partial charge on any atom is 0.418 e. The average Bonchev–Trinajstić information content (AvgIpc) is 2.74. The van der Waals surface area contributed by atoms with Crippen LogP contribution in [0, 0.1) is 11.6 Å². The van der Waals surface area contributed by atoms with E-state index >= 15 is 0 Å². The molecular formula is C22H22F5N3O3. The molecule has 0 heterocycles. The minimum Gasteiger partial charge on any atom is -0.352 e. The molecule has 178 valence electrons. The lowest BCUT2D eigenvalue weighted by atomic mass is 10.1. The first-order valence-electron chi connectivity index (χ1n) is 10.00. The second kappa shape index (κ2) is 11.4.